The molecule has 0 spiro atoms. The van der Waals surface area contributed by atoms with E-state index in [1.807, 2.05) is 55.5 Å². The molecule has 0 radical (unpaired) electrons. The Morgan fingerprint density at radius 1 is 1.07 bits per heavy atom. The van der Waals surface area contributed by atoms with E-state index in [0.29, 0.717) is 5.69 Å². The molecule has 1 amide bonds. The van der Waals surface area contributed by atoms with Gasteiger partial charge < -0.3 is 14.5 Å². The molecule has 0 saturated heterocycles. The molecule has 6 heteroatoms. The summed E-state index contributed by atoms with van der Waals surface area (Å²) in [7, 11) is 0. The maximum absolute atomic E-state index is 13.2. The van der Waals surface area contributed by atoms with Gasteiger partial charge >= 0.3 is 0 Å². The highest BCUT2D eigenvalue weighted by atomic mass is 16.3. The van der Waals surface area contributed by atoms with Gasteiger partial charge in [0, 0.05) is 28.4 Å². The number of Topliss-reactive ketones (excluding diaryl/α,β-unsaturated/α-hetero) is 1. The number of carbonyl (C=O) groups excluding carboxylic acids is 2. The van der Waals surface area contributed by atoms with Crippen LogP contribution in [0, 0.1) is 6.92 Å². The van der Waals surface area contributed by atoms with Gasteiger partial charge in [0.2, 0.25) is 5.78 Å². The summed E-state index contributed by atoms with van der Waals surface area (Å²) >= 11 is 0. The van der Waals surface area contributed by atoms with Gasteiger partial charge in [-0.1, -0.05) is 35.9 Å². The van der Waals surface area contributed by atoms with Crippen LogP contribution in [0.3, 0.4) is 0 Å². The fourth-order valence-corrected chi connectivity index (χ4v) is 3.96. The fourth-order valence-electron chi connectivity index (χ4n) is 3.96. The second-order valence-electron chi connectivity index (χ2n) is 7.27. The number of aryl methyl sites for hydroxylation is 1. The molecule has 0 saturated carbocycles. The summed E-state index contributed by atoms with van der Waals surface area (Å²) in [6.45, 7) is 1.95. The Balaban J connectivity index is 1.73. The molecule has 1 aliphatic heterocycles. The average molecular weight is 398 g/mol. The largest absolute Gasteiger partial charge is 0.503 e. The Morgan fingerprint density at radius 2 is 1.83 bits per heavy atom. The molecule has 2 aromatic heterocycles. The molecule has 2 N–H and O–H groups in total. The van der Waals surface area contributed by atoms with E-state index in [1.165, 1.54) is 17.2 Å². The van der Waals surface area contributed by atoms with E-state index >= 15 is 0 Å². The number of nitrogens with one attached hydrogen (secondary N) is 1. The summed E-state index contributed by atoms with van der Waals surface area (Å²) in [6.07, 6.45) is 3.16. The summed E-state index contributed by atoms with van der Waals surface area (Å²) in [5.74, 6) is -1.63. The lowest BCUT2D eigenvalue weighted by atomic mass is 9.94. The van der Waals surface area contributed by atoms with Crippen molar-refractivity contribution in [1.29, 1.82) is 0 Å². The first kappa shape index (κ1) is 18.0. The van der Waals surface area contributed by atoms with E-state index in [4.69, 9.17) is 4.42 Å². The van der Waals surface area contributed by atoms with E-state index < -0.39 is 23.5 Å². The number of aromatic amines is 1. The standard InChI is InChI=1S/C24H18N2O4/c1-14-8-10-15(11-9-14)26-21(17-13-25-18-6-3-2-5-16(17)18)20(23(28)24(26)29)22(27)19-7-4-12-30-19/h2-13,21,25,28H,1H3. The third kappa shape index (κ3) is 2.65. The number of amides is 1. The molecule has 6 nitrogen and oxygen atoms in total. The van der Waals surface area contributed by atoms with Gasteiger partial charge in [-0.3, -0.25) is 14.5 Å². The van der Waals surface area contributed by atoms with Gasteiger partial charge in [-0.25, -0.2) is 0 Å². The monoisotopic (exact) mass is 398 g/mol. The van der Waals surface area contributed by atoms with Crippen LogP contribution in [0.2, 0.25) is 0 Å². The number of furan rings is 1. The first-order valence-electron chi connectivity index (χ1n) is 9.54. The van der Waals surface area contributed by atoms with E-state index in [1.54, 1.807) is 12.3 Å². The van der Waals surface area contributed by atoms with Crippen molar-refractivity contribution >= 4 is 28.3 Å². The number of benzene rings is 2. The number of anilines is 1. The fraction of sp³-hybridized carbons (Fsp3) is 0.0833. The molecule has 4 aromatic rings. The Hall–Kier alpha value is -4.06. The van der Waals surface area contributed by atoms with E-state index in [9.17, 15) is 14.7 Å². The average Bonchev–Trinajstić information content (AvgIpc) is 3.48. The first-order chi connectivity index (χ1) is 14.6. The molecule has 0 bridgehead atoms. The van der Waals surface area contributed by atoms with Gasteiger partial charge in [0.25, 0.3) is 5.91 Å². The van der Waals surface area contributed by atoms with Crippen molar-refractivity contribution in [2.45, 2.75) is 13.0 Å². The first-order valence-corrected chi connectivity index (χ1v) is 9.54. The van der Waals surface area contributed by atoms with Crippen LogP contribution < -0.4 is 4.90 Å². The lowest BCUT2D eigenvalue weighted by Crippen LogP contribution is -2.30. The van der Waals surface area contributed by atoms with Crippen LogP contribution in [-0.4, -0.2) is 21.8 Å². The number of aliphatic hydroxyl groups is 1. The minimum atomic E-state index is -0.797. The molecular weight excluding hydrogens is 380 g/mol. The molecule has 2 aromatic carbocycles. The smallest absolute Gasteiger partial charge is 0.294 e. The molecule has 1 atom stereocenters. The van der Waals surface area contributed by atoms with Crippen molar-refractivity contribution in [1.82, 2.24) is 4.98 Å². The number of para-hydroxylation sites is 1. The third-order valence-corrected chi connectivity index (χ3v) is 5.43. The Bertz CT molecular complexity index is 1300. The molecule has 5 rings (SSSR count). The number of fused-ring (bicyclic) bond motifs is 1. The van der Waals surface area contributed by atoms with E-state index in [-0.39, 0.29) is 11.3 Å². The van der Waals surface area contributed by atoms with Crippen LogP contribution in [0.4, 0.5) is 5.69 Å². The topological polar surface area (TPSA) is 86.5 Å². The lowest BCUT2D eigenvalue weighted by Gasteiger charge is -2.26. The van der Waals surface area contributed by atoms with Gasteiger partial charge in [-0.05, 0) is 37.3 Å². The summed E-state index contributed by atoms with van der Waals surface area (Å²) in [4.78, 5) is 31.0. The van der Waals surface area contributed by atoms with Crippen LogP contribution in [0.5, 0.6) is 0 Å². The van der Waals surface area contributed by atoms with Crippen molar-refractivity contribution in [3.05, 3.63) is 101 Å². The van der Waals surface area contributed by atoms with Gasteiger partial charge in [-0.2, -0.15) is 0 Å². The molecule has 0 fully saturated rings. The minimum absolute atomic E-state index is 0.000257. The maximum atomic E-state index is 13.2. The second kappa shape index (κ2) is 6.77. The maximum Gasteiger partial charge on any atom is 0.294 e. The van der Waals surface area contributed by atoms with Crippen molar-refractivity contribution in [2.24, 2.45) is 0 Å². The summed E-state index contributed by atoms with van der Waals surface area (Å²) in [5, 5.41) is 11.6. The number of aromatic nitrogens is 1. The minimum Gasteiger partial charge on any atom is -0.503 e. The zero-order valence-electron chi connectivity index (χ0n) is 16.1. The Kier molecular flexibility index (Phi) is 4.06. The normalized spacial score (nSPS) is 16.6. The highest BCUT2D eigenvalue weighted by Gasteiger charge is 2.46. The highest BCUT2D eigenvalue weighted by Crippen LogP contribution is 2.44. The third-order valence-electron chi connectivity index (χ3n) is 5.43. The predicted octanol–water partition coefficient (Wildman–Crippen LogP) is 4.85. The SMILES string of the molecule is Cc1ccc(N2C(=O)C(O)=C(C(=O)c3ccco3)C2c2c[nH]c3ccccc23)cc1. The van der Waals surface area contributed by atoms with Crippen LogP contribution >= 0.6 is 0 Å². The summed E-state index contributed by atoms with van der Waals surface area (Å²) in [6, 6.07) is 17.4. The van der Waals surface area contributed by atoms with Gasteiger partial charge in [0.1, 0.15) is 0 Å². The highest BCUT2D eigenvalue weighted by molar-refractivity contribution is 6.20. The van der Waals surface area contributed by atoms with E-state index in [2.05, 4.69) is 4.98 Å². The van der Waals surface area contributed by atoms with Crippen LogP contribution in [-0.2, 0) is 4.79 Å². The number of hydrogen-bond donors (Lipinski definition) is 2. The number of hydrogen-bond acceptors (Lipinski definition) is 4. The number of rotatable bonds is 4. The number of nitrogens with zero attached hydrogens (tertiary/aromatic N) is 1. The number of aliphatic hydroxyl groups excluding tert-OH is 1. The van der Waals surface area contributed by atoms with Gasteiger partial charge in [0.05, 0.1) is 17.9 Å². The van der Waals surface area contributed by atoms with Crippen molar-refractivity contribution in [3.63, 3.8) is 0 Å². The van der Waals surface area contributed by atoms with Gasteiger partial charge in [0.15, 0.2) is 11.5 Å². The van der Waals surface area contributed by atoms with Crippen molar-refractivity contribution in [2.75, 3.05) is 4.90 Å². The van der Waals surface area contributed by atoms with E-state index in [0.717, 1.165) is 22.0 Å². The van der Waals surface area contributed by atoms with Crippen LogP contribution in [0.15, 0.2) is 88.9 Å². The Labute approximate surface area is 172 Å². The number of carbonyl (C=O) groups is 2. The summed E-state index contributed by atoms with van der Waals surface area (Å²) in [5.41, 5.74) is 3.23. The van der Waals surface area contributed by atoms with Crippen LogP contribution in [0.1, 0.15) is 27.7 Å². The quantitative estimate of drug-likeness (QED) is 0.481. The molecular formula is C24H18N2O4. The Morgan fingerprint density at radius 3 is 2.57 bits per heavy atom. The number of ketones is 1. The molecule has 1 aliphatic rings. The van der Waals surface area contributed by atoms with Gasteiger partial charge in [-0.15, -0.1) is 0 Å². The van der Waals surface area contributed by atoms with Crippen molar-refractivity contribution < 1.29 is 19.1 Å². The second-order valence-corrected chi connectivity index (χ2v) is 7.27. The molecule has 0 aliphatic carbocycles. The summed E-state index contributed by atoms with van der Waals surface area (Å²) < 4.78 is 5.27. The number of H-pyrrole nitrogens is 1. The van der Waals surface area contributed by atoms with Crippen molar-refractivity contribution in [3.8, 4) is 0 Å². The zero-order chi connectivity index (χ0) is 20.8. The molecule has 1 unspecified atom stereocenters. The molecule has 148 valence electrons. The molecule has 30 heavy (non-hydrogen) atoms. The molecule has 3 heterocycles. The van der Waals surface area contributed by atoms with Crippen LogP contribution in [0.25, 0.3) is 10.9 Å². The zero-order valence-corrected chi connectivity index (χ0v) is 16.1. The predicted molar refractivity (Wildman–Crippen MR) is 112 cm³/mol. The lowest BCUT2D eigenvalue weighted by molar-refractivity contribution is -0.117.